The first-order valence-corrected chi connectivity index (χ1v) is 7.50. The second-order valence-corrected chi connectivity index (χ2v) is 5.57. The van der Waals surface area contributed by atoms with E-state index in [1.54, 1.807) is 41.1 Å². The highest BCUT2D eigenvalue weighted by Crippen LogP contribution is 2.40. The number of rotatable bonds is 3. The average molecular weight is 329 g/mol. The minimum atomic E-state index is -0.774. The van der Waals surface area contributed by atoms with Crippen LogP contribution in [0.15, 0.2) is 42.6 Å². The lowest BCUT2D eigenvalue weighted by Crippen LogP contribution is -2.39. The predicted octanol–water partition coefficient (Wildman–Crippen LogP) is 0.239. The Kier molecular flexibility index (Phi) is 3.55. The van der Waals surface area contributed by atoms with Gasteiger partial charge in [0.05, 0.1) is 12.2 Å². The SMILES string of the molecule is N=c1ccn2c(n1)O[C@H]1[C@H](OC(=O)c3ccccc3)[C@@H](CO)O[C@H]12. The summed E-state index contributed by atoms with van der Waals surface area (Å²) in [6, 6.07) is 10.3. The Morgan fingerprint density at radius 1 is 1.33 bits per heavy atom. The van der Waals surface area contributed by atoms with E-state index >= 15 is 0 Å². The van der Waals surface area contributed by atoms with Crippen molar-refractivity contribution in [3.63, 3.8) is 0 Å². The van der Waals surface area contributed by atoms with Crippen molar-refractivity contribution in [2.75, 3.05) is 6.61 Å². The summed E-state index contributed by atoms with van der Waals surface area (Å²) in [5.74, 6) is -0.512. The standard InChI is InChI=1S/C16H15N3O5/c17-11-6-7-19-14-13(24-16(19)18-11)12(10(8-20)22-14)23-15(21)9-4-2-1-3-5-9/h1-7,10,12-14,17,20H,8H2/t10-,12-,13+,14-/m1/s1. The van der Waals surface area contributed by atoms with Crippen LogP contribution in [-0.2, 0) is 9.47 Å². The van der Waals surface area contributed by atoms with Gasteiger partial charge in [-0.15, -0.1) is 0 Å². The second-order valence-electron chi connectivity index (χ2n) is 5.57. The monoisotopic (exact) mass is 329 g/mol. The Balaban J connectivity index is 1.59. The molecule has 2 aromatic rings. The molecule has 0 saturated carbocycles. The molecule has 0 radical (unpaired) electrons. The summed E-state index contributed by atoms with van der Waals surface area (Å²) < 4.78 is 18.6. The van der Waals surface area contributed by atoms with Crippen LogP contribution in [0.5, 0.6) is 6.01 Å². The molecule has 4 atom stereocenters. The number of aliphatic hydroxyl groups excluding tert-OH is 1. The quantitative estimate of drug-likeness (QED) is 0.781. The van der Waals surface area contributed by atoms with Crippen molar-refractivity contribution in [3.8, 4) is 6.01 Å². The fraction of sp³-hybridized carbons (Fsp3) is 0.312. The molecule has 0 unspecified atom stereocenters. The van der Waals surface area contributed by atoms with E-state index in [2.05, 4.69) is 4.98 Å². The van der Waals surface area contributed by atoms with Crippen molar-refractivity contribution in [1.29, 1.82) is 5.41 Å². The minimum Gasteiger partial charge on any atom is -0.452 e. The molecular weight excluding hydrogens is 314 g/mol. The maximum atomic E-state index is 12.3. The third-order valence-electron chi connectivity index (χ3n) is 4.06. The Morgan fingerprint density at radius 3 is 2.88 bits per heavy atom. The molecule has 1 saturated heterocycles. The van der Waals surface area contributed by atoms with Gasteiger partial charge in [0.15, 0.2) is 23.9 Å². The van der Waals surface area contributed by atoms with E-state index in [1.807, 2.05) is 0 Å². The van der Waals surface area contributed by atoms with E-state index in [0.29, 0.717) is 5.56 Å². The highest BCUT2D eigenvalue weighted by Gasteiger charge is 2.53. The maximum Gasteiger partial charge on any atom is 0.338 e. The lowest BCUT2D eigenvalue weighted by Gasteiger charge is -2.20. The van der Waals surface area contributed by atoms with E-state index in [4.69, 9.17) is 19.6 Å². The molecule has 8 heteroatoms. The molecule has 3 heterocycles. The summed E-state index contributed by atoms with van der Waals surface area (Å²) >= 11 is 0. The fourth-order valence-electron chi connectivity index (χ4n) is 2.93. The van der Waals surface area contributed by atoms with E-state index in [9.17, 15) is 9.90 Å². The van der Waals surface area contributed by atoms with Crippen molar-refractivity contribution in [1.82, 2.24) is 9.55 Å². The largest absolute Gasteiger partial charge is 0.452 e. The fourth-order valence-corrected chi connectivity index (χ4v) is 2.93. The zero-order valence-electron chi connectivity index (χ0n) is 12.5. The number of aliphatic hydroxyl groups is 1. The number of hydrogen-bond acceptors (Lipinski definition) is 7. The summed E-state index contributed by atoms with van der Waals surface area (Å²) in [5, 5.41) is 17.1. The first-order chi connectivity index (χ1) is 11.7. The number of nitrogens with one attached hydrogen (secondary N) is 1. The number of ether oxygens (including phenoxy) is 3. The molecule has 24 heavy (non-hydrogen) atoms. The normalized spacial score (nSPS) is 27.2. The van der Waals surface area contributed by atoms with Crippen LogP contribution in [0.3, 0.4) is 0 Å². The molecule has 4 rings (SSSR count). The lowest BCUT2D eigenvalue weighted by molar-refractivity contribution is -0.0513. The molecule has 124 valence electrons. The van der Waals surface area contributed by atoms with Crippen LogP contribution in [0, 0.1) is 5.41 Å². The van der Waals surface area contributed by atoms with Gasteiger partial charge in [-0.25, -0.2) is 4.79 Å². The van der Waals surface area contributed by atoms with Gasteiger partial charge in [-0.2, -0.15) is 4.98 Å². The highest BCUT2D eigenvalue weighted by atomic mass is 16.7. The van der Waals surface area contributed by atoms with Gasteiger partial charge in [0.2, 0.25) is 0 Å². The third kappa shape index (κ3) is 2.36. The van der Waals surface area contributed by atoms with E-state index in [-0.39, 0.29) is 18.1 Å². The molecule has 8 nitrogen and oxygen atoms in total. The third-order valence-corrected chi connectivity index (χ3v) is 4.06. The summed E-state index contributed by atoms with van der Waals surface area (Å²) in [6.07, 6.45) is -1.01. The first kappa shape index (κ1) is 14.9. The van der Waals surface area contributed by atoms with Crippen molar-refractivity contribution in [3.05, 3.63) is 53.6 Å². The Morgan fingerprint density at radius 2 is 2.12 bits per heavy atom. The van der Waals surface area contributed by atoms with E-state index < -0.39 is 30.5 Å². The smallest absolute Gasteiger partial charge is 0.338 e. The number of benzene rings is 1. The van der Waals surface area contributed by atoms with Crippen molar-refractivity contribution in [2.24, 2.45) is 0 Å². The molecule has 0 spiro atoms. The molecule has 0 aliphatic carbocycles. The number of nitrogens with zero attached hydrogens (tertiary/aromatic N) is 2. The van der Waals surface area contributed by atoms with Crippen LogP contribution in [0.2, 0.25) is 0 Å². The van der Waals surface area contributed by atoms with Gasteiger partial charge in [-0.3, -0.25) is 9.98 Å². The summed E-state index contributed by atoms with van der Waals surface area (Å²) in [4.78, 5) is 16.3. The number of esters is 1. The minimum absolute atomic E-state index is 0.0674. The molecular formula is C16H15N3O5. The number of fused-ring (bicyclic) bond motifs is 3. The molecule has 1 aromatic heterocycles. The topological polar surface area (TPSA) is 107 Å². The molecule has 1 aromatic carbocycles. The number of carbonyl (C=O) groups excluding carboxylic acids is 1. The summed E-state index contributed by atoms with van der Waals surface area (Å²) in [5.41, 5.74) is 0.477. The predicted molar refractivity (Wildman–Crippen MR) is 79.1 cm³/mol. The van der Waals surface area contributed by atoms with Crippen molar-refractivity contribution in [2.45, 2.75) is 24.5 Å². The van der Waals surface area contributed by atoms with Crippen LogP contribution < -0.4 is 10.2 Å². The summed E-state index contributed by atoms with van der Waals surface area (Å²) in [6.45, 7) is -0.303. The zero-order valence-corrected chi connectivity index (χ0v) is 12.5. The Bertz CT molecular complexity index is 822. The highest BCUT2D eigenvalue weighted by molar-refractivity contribution is 5.89. The Hall–Kier alpha value is -2.71. The average Bonchev–Trinajstić information content (AvgIpc) is 3.11. The van der Waals surface area contributed by atoms with Crippen LogP contribution in [0.1, 0.15) is 16.6 Å². The molecule has 2 aliphatic heterocycles. The van der Waals surface area contributed by atoms with Gasteiger partial charge in [0.1, 0.15) is 6.10 Å². The maximum absolute atomic E-state index is 12.3. The van der Waals surface area contributed by atoms with Gasteiger partial charge in [0, 0.05) is 6.20 Å². The van der Waals surface area contributed by atoms with Gasteiger partial charge < -0.3 is 19.3 Å². The molecule has 1 fully saturated rings. The number of aromatic nitrogens is 2. The summed E-state index contributed by atoms with van der Waals surface area (Å²) in [7, 11) is 0. The Labute approximate surface area is 136 Å². The second kappa shape index (κ2) is 5.73. The van der Waals surface area contributed by atoms with Gasteiger partial charge >= 0.3 is 12.0 Å². The van der Waals surface area contributed by atoms with Crippen molar-refractivity contribution < 1.29 is 24.1 Å². The van der Waals surface area contributed by atoms with Crippen LogP contribution in [0.25, 0.3) is 0 Å². The van der Waals surface area contributed by atoms with E-state index in [0.717, 1.165) is 0 Å². The van der Waals surface area contributed by atoms with Crippen LogP contribution in [0.4, 0.5) is 0 Å². The van der Waals surface area contributed by atoms with Gasteiger partial charge in [-0.05, 0) is 18.2 Å². The molecule has 0 bridgehead atoms. The zero-order chi connectivity index (χ0) is 16.7. The van der Waals surface area contributed by atoms with Crippen LogP contribution >= 0.6 is 0 Å². The molecule has 2 N–H and O–H groups in total. The van der Waals surface area contributed by atoms with E-state index in [1.165, 1.54) is 6.07 Å². The van der Waals surface area contributed by atoms with Gasteiger partial charge in [0.25, 0.3) is 0 Å². The number of carbonyl (C=O) groups is 1. The van der Waals surface area contributed by atoms with Gasteiger partial charge in [-0.1, -0.05) is 18.2 Å². The molecule has 2 aliphatic rings. The lowest BCUT2D eigenvalue weighted by atomic mass is 10.1. The number of hydrogen-bond donors (Lipinski definition) is 2. The molecule has 0 amide bonds. The van der Waals surface area contributed by atoms with Crippen molar-refractivity contribution >= 4 is 5.97 Å². The first-order valence-electron chi connectivity index (χ1n) is 7.50. The van der Waals surface area contributed by atoms with Crippen LogP contribution in [-0.4, -0.2) is 45.5 Å².